The molecule has 0 aliphatic heterocycles. The maximum atomic E-state index is 12.5. The fraction of sp³-hybridized carbons (Fsp3) is 0.765. The Bertz CT molecular complexity index is 467. The summed E-state index contributed by atoms with van der Waals surface area (Å²) < 4.78 is -0.859. The Morgan fingerprint density at radius 1 is 0.913 bits per heavy atom. The second-order valence-corrected chi connectivity index (χ2v) is 9.46. The SMILES string of the molecule is CC(=O)[C@H](CSC(=O)C(C)C)CC(=O)C(C)(C)SC(=O)C(C)C. The lowest BCUT2D eigenvalue weighted by Crippen LogP contribution is -2.33. The fourth-order valence-electron chi connectivity index (χ4n) is 1.57. The molecule has 0 rings (SSSR count). The van der Waals surface area contributed by atoms with Crippen LogP contribution in [0, 0.1) is 17.8 Å². The van der Waals surface area contributed by atoms with Crippen molar-refractivity contribution in [2.24, 2.45) is 17.8 Å². The Labute approximate surface area is 147 Å². The topological polar surface area (TPSA) is 68.3 Å². The number of hydrogen-bond acceptors (Lipinski definition) is 6. The summed E-state index contributed by atoms with van der Waals surface area (Å²) >= 11 is 2.13. The Balaban J connectivity index is 4.81. The molecule has 0 aromatic carbocycles. The molecule has 0 amide bonds. The summed E-state index contributed by atoms with van der Waals surface area (Å²) in [5.74, 6) is -0.637. The number of carbonyl (C=O) groups excluding carboxylic acids is 4. The molecule has 0 fully saturated rings. The third-order valence-corrected chi connectivity index (χ3v) is 6.14. The molecule has 1 atom stereocenters. The fourth-order valence-corrected chi connectivity index (χ4v) is 3.55. The maximum Gasteiger partial charge on any atom is 0.192 e. The van der Waals surface area contributed by atoms with Gasteiger partial charge in [0.15, 0.2) is 10.2 Å². The Hall–Kier alpha value is -0.620. The minimum atomic E-state index is -0.859. The van der Waals surface area contributed by atoms with Gasteiger partial charge in [-0.05, 0) is 20.8 Å². The smallest absolute Gasteiger partial charge is 0.192 e. The van der Waals surface area contributed by atoms with Crippen LogP contribution in [-0.4, -0.2) is 32.3 Å². The summed E-state index contributed by atoms with van der Waals surface area (Å²) in [5.41, 5.74) is 0. The third-order valence-electron chi connectivity index (χ3n) is 3.40. The van der Waals surface area contributed by atoms with Gasteiger partial charge >= 0.3 is 0 Å². The second-order valence-electron chi connectivity index (χ2n) is 6.81. The van der Waals surface area contributed by atoms with Gasteiger partial charge in [0.25, 0.3) is 0 Å². The zero-order chi connectivity index (χ0) is 18.4. The highest BCUT2D eigenvalue weighted by molar-refractivity contribution is 8.15. The lowest BCUT2D eigenvalue weighted by atomic mass is 9.94. The van der Waals surface area contributed by atoms with Gasteiger partial charge in [-0.1, -0.05) is 51.2 Å². The zero-order valence-electron chi connectivity index (χ0n) is 15.1. The molecule has 4 nitrogen and oxygen atoms in total. The van der Waals surface area contributed by atoms with Gasteiger partial charge in [0.2, 0.25) is 0 Å². The van der Waals surface area contributed by atoms with Crippen molar-refractivity contribution in [1.82, 2.24) is 0 Å². The molecule has 0 saturated heterocycles. The molecule has 0 saturated carbocycles. The molecule has 0 heterocycles. The van der Waals surface area contributed by atoms with E-state index in [-0.39, 0.29) is 40.1 Å². The molecular formula is C17H28O4S2. The van der Waals surface area contributed by atoms with Crippen LogP contribution in [0.25, 0.3) is 0 Å². The van der Waals surface area contributed by atoms with E-state index < -0.39 is 10.7 Å². The second kappa shape index (κ2) is 9.62. The highest BCUT2D eigenvalue weighted by atomic mass is 32.2. The Kier molecular flexibility index (Phi) is 9.36. The first-order valence-electron chi connectivity index (χ1n) is 7.81. The number of thioether (sulfide) groups is 2. The van der Waals surface area contributed by atoms with Crippen LogP contribution >= 0.6 is 23.5 Å². The zero-order valence-corrected chi connectivity index (χ0v) is 16.7. The lowest BCUT2D eigenvalue weighted by Gasteiger charge is -2.24. The van der Waals surface area contributed by atoms with Gasteiger partial charge in [-0.3, -0.25) is 19.2 Å². The molecule has 23 heavy (non-hydrogen) atoms. The van der Waals surface area contributed by atoms with Crippen molar-refractivity contribution in [3.8, 4) is 0 Å². The minimum Gasteiger partial charge on any atom is -0.300 e. The van der Waals surface area contributed by atoms with E-state index in [2.05, 4.69) is 0 Å². The first-order chi connectivity index (χ1) is 10.4. The van der Waals surface area contributed by atoms with Crippen LogP contribution in [0.15, 0.2) is 0 Å². The van der Waals surface area contributed by atoms with Crippen molar-refractivity contribution in [3.63, 3.8) is 0 Å². The van der Waals surface area contributed by atoms with Crippen LogP contribution in [0.5, 0.6) is 0 Å². The normalized spacial score (nSPS) is 13.3. The number of rotatable bonds is 9. The molecule has 0 unspecified atom stereocenters. The van der Waals surface area contributed by atoms with Crippen LogP contribution in [0.4, 0.5) is 0 Å². The Morgan fingerprint density at radius 3 is 1.78 bits per heavy atom. The van der Waals surface area contributed by atoms with E-state index >= 15 is 0 Å². The van der Waals surface area contributed by atoms with Crippen molar-refractivity contribution in [3.05, 3.63) is 0 Å². The van der Waals surface area contributed by atoms with Crippen molar-refractivity contribution in [2.75, 3.05) is 5.75 Å². The average molecular weight is 361 g/mol. The molecule has 0 bridgehead atoms. The molecule has 0 N–H and O–H groups in total. The molecule has 0 aliphatic carbocycles. The average Bonchev–Trinajstić information content (AvgIpc) is 2.41. The highest BCUT2D eigenvalue weighted by Crippen LogP contribution is 2.31. The summed E-state index contributed by atoms with van der Waals surface area (Å²) in [6.07, 6.45) is 0.0685. The predicted octanol–water partition coefficient (Wildman–Crippen LogP) is 3.76. The summed E-state index contributed by atoms with van der Waals surface area (Å²) in [4.78, 5) is 47.8. The van der Waals surface area contributed by atoms with Gasteiger partial charge < -0.3 is 0 Å². The summed E-state index contributed by atoms with van der Waals surface area (Å²) in [6.45, 7) is 12.1. The monoisotopic (exact) mass is 360 g/mol. The maximum absolute atomic E-state index is 12.5. The van der Waals surface area contributed by atoms with Crippen LogP contribution in [-0.2, 0) is 19.2 Å². The minimum absolute atomic E-state index is 0.0207. The van der Waals surface area contributed by atoms with E-state index in [1.165, 1.54) is 6.92 Å². The van der Waals surface area contributed by atoms with Crippen molar-refractivity contribution >= 4 is 45.3 Å². The van der Waals surface area contributed by atoms with E-state index in [4.69, 9.17) is 0 Å². The van der Waals surface area contributed by atoms with Crippen molar-refractivity contribution in [1.29, 1.82) is 0 Å². The van der Waals surface area contributed by atoms with Gasteiger partial charge in [-0.15, -0.1) is 0 Å². The molecule has 0 spiro atoms. The van der Waals surface area contributed by atoms with E-state index in [0.717, 1.165) is 23.5 Å². The quantitative estimate of drug-likeness (QED) is 0.623. The van der Waals surface area contributed by atoms with E-state index in [9.17, 15) is 19.2 Å². The molecule has 0 aromatic rings. The van der Waals surface area contributed by atoms with E-state index in [1.807, 2.05) is 0 Å². The molecule has 0 aromatic heterocycles. The highest BCUT2D eigenvalue weighted by Gasteiger charge is 2.34. The predicted molar refractivity (Wildman–Crippen MR) is 97.6 cm³/mol. The number of ketones is 2. The van der Waals surface area contributed by atoms with Gasteiger partial charge in [0.1, 0.15) is 11.6 Å². The summed E-state index contributed by atoms with van der Waals surface area (Å²) in [6, 6.07) is 0. The molecule has 132 valence electrons. The molecule has 0 radical (unpaired) electrons. The summed E-state index contributed by atoms with van der Waals surface area (Å²) in [7, 11) is 0. The molecule has 0 aliphatic rings. The van der Waals surface area contributed by atoms with E-state index in [0.29, 0.717) is 5.75 Å². The van der Waals surface area contributed by atoms with Crippen LogP contribution in [0.3, 0.4) is 0 Å². The van der Waals surface area contributed by atoms with Gasteiger partial charge in [-0.2, -0.15) is 0 Å². The van der Waals surface area contributed by atoms with Crippen LogP contribution in [0.1, 0.15) is 54.9 Å². The standard InChI is InChI=1S/C17H28O4S2/c1-10(2)15(20)22-9-13(12(5)18)8-14(19)17(6,7)23-16(21)11(3)4/h10-11,13H,8-9H2,1-7H3/t13-/m0/s1. The molecular weight excluding hydrogens is 332 g/mol. The third kappa shape index (κ3) is 8.15. The molecule has 6 heteroatoms. The first-order valence-corrected chi connectivity index (χ1v) is 9.62. The van der Waals surface area contributed by atoms with Crippen molar-refractivity contribution in [2.45, 2.75) is 59.6 Å². The number of carbonyl (C=O) groups is 4. The van der Waals surface area contributed by atoms with Gasteiger partial charge in [-0.25, -0.2) is 0 Å². The number of Topliss-reactive ketones (excluding diaryl/α,β-unsaturated/α-hetero) is 2. The van der Waals surface area contributed by atoms with Gasteiger partial charge in [0, 0.05) is 29.9 Å². The summed E-state index contributed by atoms with van der Waals surface area (Å²) in [5, 5.41) is -0.0144. The Morgan fingerprint density at radius 2 is 1.39 bits per heavy atom. The van der Waals surface area contributed by atoms with Crippen LogP contribution < -0.4 is 0 Å². The van der Waals surface area contributed by atoms with Crippen molar-refractivity contribution < 1.29 is 19.2 Å². The van der Waals surface area contributed by atoms with E-state index in [1.54, 1.807) is 41.5 Å². The largest absolute Gasteiger partial charge is 0.300 e. The van der Waals surface area contributed by atoms with Crippen LogP contribution in [0.2, 0.25) is 0 Å². The van der Waals surface area contributed by atoms with Gasteiger partial charge in [0.05, 0.1) is 4.75 Å². The first kappa shape index (κ1) is 22.4. The number of hydrogen-bond donors (Lipinski definition) is 0. The lowest BCUT2D eigenvalue weighted by molar-refractivity contribution is -0.127.